The van der Waals surface area contributed by atoms with Crippen LogP contribution in [0.25, 0.3) is 0 Å². The Hall–Kier alpha value is -1.81. The molecule has 1 aromatic heterocycles. The molecule has 1 aromatic carbocycles. The zero-order valence-electron chi connectivity index (χ0n) is 11.5. The molecule has 1 unspecified atom stereocenters. The first-order valence-electron chi connectivity index (χ1n) is 6.65. The molecule has 0 spiro atoms. The second-order valence-corrected chi connectivity index (χ2v) is 5.50. The van der Waals surface area contributed by atoms with E-state index < -0.39 is 0 Å². The van der Waals surface area contributed by atoms with Gasteiger partial charge in [-0.2, -0.15) is 5.10 Å². The average molecular weight is 290 g/mol. The van der Waals surface area contributed by atoms with E-state index in [-0.39, 0.29) is 11.9 Å². The number of hydrogen-bond acceptors (Lipinski definition) is 2. The molecule has 0 radical (unpaired) electrons. The number of benzene rings is 1. The summed E-state index contributed by atoms with van der Waals surface area (Å²) in [5.41, 5.74) is 3.64. The molecule has 0 saturated heterocycles. The Morgan fingerprint density at radius 1 is 1.45 bits per heavy atom. The number of fused-ring (bicyclic) bond motifs is 1. The third-order valence-electron chi connectivity index (χ3n) is 3.82. The van der Waals surface area contributed by atoms with Crippen LogP contribution < -0.4 is 5.32 Å². The van der Waals surface area contributed by atoms with Gasteiger partial charge in [0.25, 0.3) is 5.91 Å². The van der Waals surface area contributed by atoms with Gasteiger partial charge in [0.2, 0.25) is 0 Å². The van der Waals surface area contributed by atoms with E-state index in [9.17, 15) is 4.79 Å². The van der Waals surface area contributed by atoms with E-state index in [0.717, 1.165) is 12.8 Å². The van der Waals surface area contributed by atoms with Crippen LogP contribution in [-0.4, -0.2) is 15.7 Å². The normalized spacial score (nSPS) is 17.1. The van der Waals surface area contributed by atoms with E-state index >= 15 is 0 Å². The van der Waals surface area contributed by atoms with Crippen molar-refractivity contribution >= 4 is 17.5 Å². The standard InChI is InChI=1S/C15H16ClN3O/c1-9-13(14(16)19(2)18-9)15(20)17-12-8-7-10-5-3-4-6-11(10)12/h3-6,12H,7-8H2,1-2H3,(H,17,20). The van der Waals surface area contributed by atoms with E-state index in [2.05, 4.69) is 22.5 Å². The van der Waals surface area contributed by atoms with Crippen LogP contribution in [0, 0.1) is 6.92 Å². The van der Waals surface area contributed by atoms with E-state index in [0.29, 0.717) is 16.4 Å². The average Bonchev–Trinajstić information content (AvgIpc) is 2.92. The Bertz CT molecular complexity index is 678. The van der Waals surface area contributed by atoms with Gasteiger partial charge < -0.3 is 5.32 Å². The minimum absolute atomic E-state index is 0.0642. The highest BCUT2D eigenvalue weighted by atomic mass is 35.5. The molecule has 2 aromatic rings. The van der Waals surface area contributed by atoms with Crippen molar-refractivity contribution in [2.45, 2.75) is 25.8 Å². The van der Waals surface area contributed by atoms with Gasteiger partial charge in [-0.25, -0.2) is 0 Å². The van der Waals surface area contributed by atoms with Crippen molar-refractivity contribution in [1.29, 1.82) is 0 Å². The van der Waals surface area contributed by atoms with Crippen molar-refractivity contribution in [2.24, 2.45) is 7.05 Å². The number of rotatable bonds is 2. The first-order valence-corrected chi connectivity index (χ1v) is 7.03. The van der Waals surface area contributed by atoms with Crippen molar-refractivity contribution in [2.75, 3.05) is 0 Å². The molecule has 1 N–H and O–H groups in total. The highest BCUT2D eigenvalue weighted by molar-refractivity contribution is 6.33. The van der Waals surface area contributed by atoms with Crippen molar-refractivity contribution in [3.8, 4) is 0 Å². The second-order valence-electron chi connectivity index (χ2n) is 5.14. The van der Waals surface area contributed by atoms with Crippen LogP contribution >= 0.6 is 11.6 Å². The van der Waals surface area contributed by atoms with E-state index in [1.54, 1.807) is 14.0 Å². The minimum atomic E-state index is -0.151. The molecule has 5 heteroatoms. The van der Waals surface area contributed by atoms with E-state index in [4.69, 9.17) is 11.6 Å². The number of aryl methyl sites for hydroxylation is 3. The first kappa shape index (κ1) is 13.2. The van der Waals surface area contributed by atoms with Crippen LogP contribution in [0.4, 0.5) is 0 Å². The molecule has 1 heterocycles. The van der Waals surface area contributed by atoms with Gasteiger partial charge in [0.15, 0.2) is 0 Å². The predicted octanol–water partition coefficient (Wildman–Crippen LogP) is 2.80. The van der Waals surface area contributed by atoms with Crippen LogP contribution in [0.1, 0.15) is 39.6 Å². The predicted molar refractivity (Wildman–Crippen MR) is 77.9 cm³/mol. The maximum absolute atomic E-state index is 12.4. The quantitative estimate of drug-likeness (QED) is 0.924. The molecular weight excluding hydrogens is 274 g/mol. The smallest absolute Gasteiger partial charge is 0.256 e. The summed E-state index contributed by atoms with van der Waals surface area (Å²) in [6.07, 6.45) is 1.93. The van der Waals surface area contributed by atoms with Gasteiger partial charge in [-0.05, 0) is 30.9 Å². The molecule has 1 atom stereocenters. The highest BCUT2D eigenvalue weighted by Gasteiger charge is 2.26. The number of amides is 1. The number of halogens is 1. The van der Waals surface area contributed by atoms with Gasteiger partial charge in [-0.1, -0.05) is 35.9 Å². The molecule has 1 amide bonds. The van der Waals surface area contributed by atoms with Gasteiger partial charge in [-0.3, -0.25) is 9.48 Å². The Morgan fingerprint density at radius 3 is 2.90 bits per heavy atom. The Kier molecular flexibility index (Phi) is 3.26. The molecule has 0 aliphatic heterocycles. The van der Waals surface area contributed by atoms with Gasteiger partial charge in [-0.15, -0.1) is 0 Å². The SMILES string of the molecule is Cc1nn(C)c(Cl)c1C(=O)NC1CCc2ccccc21. The summed E-state index contributed by atoms with van der Waals surface area (Å²) in [6, 6.07) is 8.29. The Balaban J connectivity index is 1.84. The van der Waals surface area contributed by atoms with Crippen LogP contribution in [0.3, 0.4) is 0 Å². The first-order chi connectivity index (χ1) is 9.58. The molecule has 4 nitrogen and oxygen atoms in total. The molecular formula is C15H16ClN3O. The number of carbonyl (C=O) groups excluding carboxylic acids is 1. The third kappa shape index (κ3) is 2.10. The zero-order valence-corrected chi connectivity index (χ0v) is 12.2. The van der Waals surface area contributed by atoms with E-state index in [1.807, 2.05) is 12.1 Å². The molecule has 104 valence electrons. The molecule has 1 aliphatic rings. The monoisotopic (exact) mass is 289 g/mol. The van der Waals surface area contributed by atoms with Crippen LogP contribution in [0.5, 0.6) is 0 Å². The molecule has 0 saturated carbocycles. The van der Waals surface area contributed by atoms with Gasteiger partial charge in [0, 0.05) is 7.05 Å². The van der Waals surface area contributed by atoms with Gasteiger partial charge >= 0.3 is 0 Å². The summed E-state index contributed by atoms with van der Waals surface area (Å²) in [5, 5.41) is 7.62. The molecule has 0 fully saturated rings. The largest absolute Gasteiger partial charge is 0.345 e. The molecule has 1 aliphatic carbocycles. The second kappa shape index (κ2) is 4.94. The summed E-state index contributed by atoms with van der Waals surface area (Å²) in [6.45, 7) is 1.80. The fraction of sp³-hybridized carbons (Fsp3) is 0.333. The van der Waals surface area contributed by atoms with Crippen molar-refractivity contribution in [1.82, 2.24) is 15.1 Å². The summed E-state index contributed by atoms with van der Waals surface area (Å²) < 4.78 is 1.52. The lowest BCUT2D eigenvalue weighted by Gasteiger charge is -2.14. The van der Waals surface area contributed by atoms with E-state index in [1.165, 1.54) is 15.8 Å². The summed E-state index contributed by atoms with van der Waals surface area (Å²) >= 11 is 6.13. The highest BCUT2D eigenvalue weighted by Crippen LogP contribution is 2.31. The van der Waals surface area contributed by atoms with Gasteiger partial charge in [0.05, 0.1) is 17.3 Å². The number of aromatic nitrogens is 2. The Morgan fingerprint density at radius 2 is 2.20 bits per heavy atom. The van der Waals surface area contributed by atoms with Crippen LogP contribution in [0.2, 0.25) is 5.15 Å². The maximum Gasteiger partial charge on any atom is 0.256 e. The van der Waals surface area contributed by atoms with Gasteiger partial charge in [0.1, 0.15) is 5.15 Å². The lowest BCUT2D eigenvalue weighted by molar-refractivity contribution is 0.0936. The fourth-order valence-electron chi connectivity index (χ4n) is 2.83. The van der Waals surface area contributed by atoms with Crippen molar-refractivity contribution in [3.05, 3.63) is 51.8 Å². The van der Waals surface area contributed by atoms with Crippen LogP contribution in [-0.2, 0) is 13.5 Å². The molecule has 3 rings (SSSR count). The molecule has 0 bridgehead atoms. The Labute approximate surface area is 122 Å². The fourth-order valence-corrected chi connectivity index (χ4v) is 3.09. The lowest BCUT2D eigenvalue weighted by Crippen LogP contribution is -2.27. The lowest BCUT2D eigenvalue weighted by atomic mass is 10.1. The minimum Gasteiger partial charge on any atom is -0.345 e. The van der Waals surface area contributed by atoms with Crippen molar-refractivity contribution < 1.29 is 4.79 Å². The number of nitrogens with zero attached hydrogens (tertiary/aromatic N) is 2. The molecule has 20 heavy (non-hydrogen) atoms. The summed E-state index contributed by atoms with van der Waals surface area (Å²) in [4.78, 5) is 12.4. The zero-order chi connectivity index (χ0) is 14.3. The number of hydrogen-bond donors (Lipinski definition) is 1. The number of carbonyl (C=O) groups is 1. The summed E-state index contributed by atoms with van der Waals surface area (Å²) in [5.74, 6) is -0.151. The third-order valence-corrected chi connectivity index (χ3v) is 4.25. The van der Waals surface area contributed by atoms with Crippen molar-refractivity contribution in [3.63, 3.8) is 0 Å². The maximum atomic E-state index is 12.4. The number of nitrogens with one attached hydrogen (secondary N) is 1. The summed E-state index contributed by atoms with van der Waals surface area (Å²) in [7, 11) is 1.73. The topological polar surface area (TPSA) is 46.9 Å². The van der Waals surface area contributed by atoms with Crippen LogP contribution in [0.15, 0.2) is 24.3 Å².